The van der Waals surface area contributed by atoms with Crippen LogP contribution in [-0.2, 0) is 36.8 Å². The molecule has 0 spiro atoms. The molecule has 0 aliphatic heterocycles. The summed E-state index contributed by atoms with van der Waals surface area (Å²) in [5.41, 5.74) is 7.32. The van der Waals surface area contributed by atoms with E-state index in [0.717, 1.165) is 28.2 Å². The Labute approximate surface area is 333 Å². The van der Waals surface area contributed by atoms with E-state index in [1.54, 1.807) is 19.1 Å². The van der Waals surface area contributed by atoms with Gasteiger partial charge < -0.3 is 21.5 Å². The minimum absolute atomic E-state index is 0.0266. The van der Waals surface area contributed by atoms with E-state index in [1.807, 2.05) is 68.6 Å². The molecule has 13 nitrogen and oxygen atoms in total. The number of carbonyl (C=O) groups is 6. The van der Waals surface area contributed by atoms with E-state index in [9.17, 15) is 33.9 Å². The van der Waals surface area contributed by atoms with Gasteiger partial charge in [-0.15, -0.1) is 11.3 Å². The predicted molar refractivity (Wildman–Crippen MR) is 214 cm³/mol. The largest absolute Gasteiger partial charge is 0.390 e. The highest BCUT2D eigenvalue weighted by Crippen LogP contribution is 2.26. The van der Waals surface area contributed by atoms with Crippen molar-refractivity contribution in [3.8, 4) is 0 Å². The second kappa shape index (κ2) is 21.5. The second-order valence-electron chi connectivity index (χ2n) is 15.1. The summed E-state index contributed by atoms with van der Waals surface area (Å²) < 4.78 is 0. The quantitative estimate of drug-likeness (QED) is 0.119. The molecule has 0 radical (unpaired) electrons. The first-order chi connectivity index (χ1) is 26.8. The molecule has 4 rings (SSSR count). The van der Waals surface area contributed by atoms with Crippen molar-refractivity contribution in [3.63, 3.8) is 0 Å². The summed E-state index contributed by atoms with van der Waals surface area (Å²) in [6.07, 6.45) is 3.25. The fraction of sp³-hybridized carbons (Fsp3) is 0.500. The van der Waals surface area contributed by atoms with Gasteiger partial charge >= 0.3 is 0 Å². The summed E-state index contributed by atoms with van der Waals surface area (Å²) in [6, 6.07) is 12.8. The van der Waals surface area contributed by atoms with Gasteiger partial charge in [0.2, 0.25) is 23.6 Å². The topological polar surface area (TPSA) is 201 Å². The Morgan fingerprint density at radius 1 is 0.911 bits per heavy atom. The van der Waals surface area contributed by atoms with Crippen molar-refractivity contribution in [1.29, 1.82) is 0 Å². The van der Waals surface area contributed by atoms with Crippen LogP contribution in [0.2, 0.25) is 0 Å². The minimum Gasteiger partial charge on any atom is -0.390 e. The van der Waals surface area contributed by atoms with Crippen LogP contribution in [0.5, 0.6) is 0 Å². The SMILES string of the molecule is CC[C@H](C)[C@H](NC(=O)C[C@H](O)[C@H](CC(C)C)N(C(=O)[C@H](Cc1ccccc1)NC(=O)C1CCCC1)C(=O)[C@@H](N)Cc1cccs1)C(=O)NC(=O)c1ccccn1. The second-order valence-corrected chi connectivity index (χ2v) is 16.1. The smallest absolute Gasteiger partial charge is 0.276 e. The van der Waals surface area contributed by atoms with Crippen molar-refractivity contribution in [2.75, 3.05) is 0 Å². The van der Waals surface area contributed by atoms with Crippen molar-refractivity contribution in [3.05, 3.63) is 88.4 Å². The molecule has 302 valence electrons. The monoisotopic (exact) mass is 788 g/mol. The Bertz CT molecular complexity index is 1750. The number of hydrogen-bond acceptors (Lipinski definition) is 10. The van der Waals surface area contributed by atoms with Crippen LogP contribution in [0.15, 0.2) is 72.2 Å². The number of nitrogens with zero attached hydrogens (tertiary/aromatic N) is 2. The normalized spacial score (nSPS) is 16.2. The van der Waals surface area contributed by atoms with Gasteiger partial charge in [0.15, 0.2) is 0 Å². The summed E-state index contributed by atoms with van der Waals surface area (Å²) in [5.74, 6) is -4.78. The molecule has 1 aliphatic carbocycles. The molecule has 3 aromatic rings. The molecular formula is C42H56N6O7S. The zero-order valence-corrected chi connectivity index (χ0v) is 33.5. The van der Waals surface area contributed by atoms with Gasteiger partial charge in [0, 0.05) is 29.8 Å². The van der Waals surface area contributed by atoms with E-state index in [-0.39, 0.29) is 42.7 Å². The number of aliphatic hydroxyl groups excluding tert-OH is 1. The molecule has 1 saturated carbocycles. The van der Waals surface area contributed by atoms with Crippen LogP contribution in [-0.4, -0.2) is 80.7 Å². The lowest BCUT2D eigenvalue weighted by Crippen LogP contribution is -2.62. The molecule has 2 aromatic heterocycles. The van der Waals surface area contributed by atoms with Gasteiger partial charge in [-0.2, -0.15) is 0 Å². The van der Waals surface area contributed by atoms with Crippen molar-refractivity contribution in [2.45, 2.75) is 116 Å². The first-order valence-corrected chi connectivity index (χ1v) is 20.4. The number of aromatic nitrogens is 1. The molecule has 0 bridgehead atoms. The Hall–Kier alpha value is -4.79. The van der Waals surface area contributed by atoms with Crippen LogP contribution in [0.25, 0.3) is 0 Å². The van der Waals surface area contributed by atoms with Gasteiger partial charge in [-0.25, -0.2) is 0 Å². The number of benzene rings is 1. The molecule has 2 heterocycles. The van der Waals surface area contributed by atoms with Crippen LogP contribution in [0.3, 0.4) is 0 Å². The number of rotatable bonds is 19. The maximum absolute atomic E-state index is 14.9. The van der Waals surface area contributed by atoms with E-state index in [2.05, 4.69) is 20.9 Å². The standard InChI is InChI=1S/C42H56N6O7S/c1-5-27(4)37(40(53)47-39(52)32-19-11-12-20-44-32)46-36(50)25-35(49)34(22-26(2)3)48(41(54)31(43)24-30-18-13-21-56-30)42(55)33(23-28-14-7-6-8-15-28)45-38(51)29-16-9-10-17-29/h6-8,11-15,18-21,26-27,29,31,33-35,37,49H,5,9-10,16-17,22-25,43H2,1-4H3,(H,45,51)(H,46,50)(H,47,52,53)/t27-,31-,33-,34-,35-,37-/m0/s1. The number of thiophene rings is 1. The zero-order valence-electron chi connectivity index (χ0n) is 32.7. The number of hydrogen-bond donors (Lipinski definition) is 5. The Morgan fingerprint density at radius 2 is 1.61 bits per heavy atom. The Morgan fingerprint density at radius 3 is 2.21 bits per heavy atom. The maximum atomic E-state index is 14.9. The number of aliphatic hydroxyl groups is 1. The molecule has 6 amide bonds. The highest BCUT2D eigenvalue weighted by atomic mass is 32.1. The first-order valence-electron chi connectivity index (χ1n) is 19.5. The Kier molecular flexibility index (Phi) is 16.9. The highest BCUT2D eigenvalue weighted by Gasteiger charge is 2.42. The van der Waals surface area contributed by atoms with Crippen molar-refractivity contribution >= 4 is 46.8 Å². The first kappa shape index (κ1) is 43.9. The lowest BCUT2D eigenvalue weighted by atomic mass is 9.92. The molecular weight excluding hydrogens is 733 g/mol. The average Bonchev–Trinajstić information content (AvgIpc) is 3.92. The van der Waals surface area contributed by atoms with Crippen molar-refractivity contribution < 1.29 is 33.9 Å². The van der Waals surface area contributed by atoms with Gasteiger partial charge in [0.25, 0.3) is 11.8 Å². The summed E-state index contributed by atoms with van der Waals surface area (Å²) in [5, 5.41) is 21.7. The fourth-order valence-corrected chi connectivity index (χ4v) is 7.74. The van der Waals surface area contributed by atoms with Gasteiger partial charge in [-0.1, -0.05) is 89.4 Å². The summed E-state index contributed by atoms with van der Waals surface area (Å²) in [4.78, 5) is 88.5. The molecule has 6 N–H and O–H groups in total. The third kappa shape index (κ3) is 12.6. The molecule has 56 heavy (non-hydrogen) atoms. The number of carbonyl (C=O) groups excluding carboxylic acids is 6. The number of nitrogens with two attached hydrogens (primary N) is 1. The van der Waals surface area contributed by atoms with Gasteiger partial charge in [-0.3, -0.25) is 44.0 Å². The summed E-state index contributed by atoms with van der Waals surface area (Å²) >= 11 is 1.42. The minimum atomic E-state index is -1.59. The van der Waals surface area contributed by atoms with Crippen LogP contribution in [0, 0.1) is 17.8 Å². The number of imide groups is 2. The van der Waals surface area contributed by atoms with Gasteiger partial charge in [0.05, 0.1) is 24.6 Å². The third-order valence-electron chi connectivity index (χ3n) is 10.2. The van der Waals surface area contributed by atoms with Crippen LogP contribution in [0.1, 0.15) is 93.6 Å². The van der Waals surface area contributed by atoms with E-state index in [4.69, 9.17) is 5.73 Å². The molecule has 6 atom stereocenters. The number of nitrogens with one attached hydrogen (secondary N) is 3. The van der Waals surface area contributed by atoms with E-state index in [1.165, 1.54) is 23.6 Å². The van der Waals surface area contributed by atoms with Crippen molar-refractivity contribution in [2.24, 2.45) is 23.5 Å². The van der Waals surface area contributed by atoms with Crippen LogP contribution >= 0.6 is 11.3 Å². The van der Waals surface area contributed by atoms with Crippen LogP contribution in [0.4, 0.5) is 0 Å². The molecule has 0 unspecified atom stereocenters. The van der Waals surface area contributed by atoms with Gasteiger partial charge in [-0.05, 0) is 60.2 Å². The molecule has 1 aromatic carbocycles. The molecule has 0 saturated heterocycles. The Balaban J connectivity index is 1.65. The lowest BCUT2D eigenvalue weighted by Gasteiger charge is -2.38. The molecule has 14 heteroatoms. The van der Waals surface area contributed by atoms with E-state index < -0.39 is 72.1 Å². The zero-order chi connectivity index (χ0) is 40.8. The molecule has 1 fully saturated rings. The molecule has 1 aliphatic rings. The summed E-state index contributed by atoms with van der Waals surface area (Å²) in [6.45, 7) is 7.30. The third-order valence-corrected chi connectivity index (χ3v) is 11.1. The highest BCUT2D eigenvalue weighted by molar-refractivity contribution is 7.09. The number of amides is 6. The summed E-state index contributed by atoms with van der Waals surface area (Å²) in [7, 11) is 0. The average molecular weight is 789 g/mol. The fourth-order valence-electron chi connectivity index (χ4n) is 6.97. The lowest BCUT2D eigenvalue weighted by molar-refractivity contribution is -0.155. The van der Waals surface area contributed by atoms with Crippen molar-refractivity contribution in [1.82, 2.24) is 25.8 Å². The van der Waals surface area contributed by atoms with Gasteiger partial charge in [0.1, 0.15) is 17.8 Å². The maximum Gasteiger partial charge on any atom is 0.276 e. The van der Waals surface area contributed by atoms with Crippen LogP contribution < -0.4 is 21.7 Å². The predicted octanol–water partition coefficient (Wildman–Crippen LogP) is 3.94. The van der Waals surface area contributed by atoms with E-state index >= 15 is 0 Å². The van der Waals surface area contributed by atoms with E-state index in [0.29, 0.717) is 19.3 Å². The number of pyridine rings is 1.